The Morgan fingerprint density at radius 3 is 2.58 bits per heavy atom. The summed E-state index contributed by atoms with van der Waals surface area (Å²) < 4.78 is 6.80. The monoisotopic (exact) mass is 318 g/mol. The van der Waals surface area contributed by atoms with Crippen molar-refractivity contribution in [2.75, 3.05) is 6.61 Å². The van der Waals surface area contributed by atoms with E-state index in [1.165, 1.54) is 0 Å². The minimum absolute atomic E-state index is 0.0673. The molecule has 0 aliphatic carbocycles. The maximum absolute atomic E-state index is 9.02. The zero-order valence-electron chi connectivity index (χ0n) is 10.6. The summed E-state index contributed by atoms with van der Waals surface area (Å²) in [4.78, 5) is 0. The average molecular weight is 319 g/mol. The van der Waals surface area contributed by atoms with Gasteiger partial charge in [0, 0.05) is 4.47 Å². The van der Waals surface area contributed by atoms with Gasteiger partial charge < -0.3 is 9.84 Å². The first kappa shape index (κ1) is 13.8. The van der Waals surface area contributed by atoms with E-state index in [1.54, 1.807) is 0 Å². The summed E-state index contributed by atoms with van der Waals surface area (Å²) in [7, 11) is 0. The van der Waals surface area contributed by atoms with Gasteiger partial charge in [-0.1, -0.05) is 34.1 Å². The van der Waals surface area contributed by atoms with Gasteiger partial charge in [-0.3, -0.25) is 0 Å². The molecule has 0 radical (unpaired) electrons. The van der Waals surface area contributed by atoms with Crippen LogP contribution >= 0.6 is 15.9 Å². The standard InChI is InChI=1S/C16H15BrO2/c1-12(11-18)9-13-3-2-4-16(10-13)19-15-7-5-14(17)6-8-15/h2-10,18H,11H2,1H3. The van der Waals surface area contributed by atoms with Crippen LogP contribution in [-0.4, -0.2) is 11.7 Å². The molecule has 1 N–H and O–H groups in total. The Hall–Kier alpha value is -1.58. The Bertz CT molecular complexity index is 574. The van der Waals surface area contributed by atoms with E-state index in [1.807, 2.05) is 61.5 Å². The molecule has 98 valence electrons. The molecule has 0 aromatic heterocycles. The van der Waals surface area contributed by atoms with Crippen LogP contribution in [0.5, 0.6) is 11.5 Å². The summed E-state index contributed by atoms with van der Waals surface area (Å²) >= 11 is 3.39. The second-order valence-electron chi connectivity index (χ2n) is 4.28. The summed E-state index contributed by atoms with van der Waals surface area (Å²) in [5.41, 5.74) is 1.93. The lowest BCUT2D eigenvalue weighted by Gasteiger charge is -2.06. The summed E-state index contributed by atoms with van der Waals surface area (Å²) in [5.74, 6) is 1.57. The molecule has 3 heteroatoms. The molecule has 2 rings (SSSR count). The van der Waals surface area contributed by atoms with Crippen LogP contribution in [-0.2, 0) is 0 Å². The van der Waals surface area contributed by atoms with Gasteiger partial charge in [0.15, 0.2) is 0 Å². The van der Waals surface area contributed by atoms with Crippen molar-refractivity contribution in [1.82, 2.24) is 0 Å². The molecule has 2 aromatic carbocycles. The van der Waals surface area contributed by atoms with Gasteiger partial charge in [0.1, 0.15) is 11.5 Å². The number of hydrogen-bond donors (Lipinski definition) is 1. The molecule has 2 nitrogen and oxygen atoms in total. The first-order valence-corrected chi connectivity index (χ1v) is 6.78. The predicted octanol–water partition coefficient (Wildman–Crippen LogP) is 4.64. The highest BCUT2D eigenvalue weighted by Gasteiger charge is 1.98. The van der Waals surface area contributed by atoms with Gasteiger partial charge in [0.25, 0.3) is 0 Å². The van der Waals surface area contributed by atoms with Crippen molar-refractivity contribution in [3.63, 3.8) is 0 Å². The van der Waals surface area contributed by atoms with E-state index in [9.17, 15) is 0 Å². The molecule has 0 aliphatic rings. The largest absolute Gasteiger partial charge is 0.457 e. The topological polar surface area (TPSA) is 29.5 Å². The minimum atomic E-state index is 0.0673. The third-order valence-corrected chi connectivity index (χ3v) is 3.10. The van der Waals surface area contributed by atoms with Gasteiger partial charge >= 0.3 is 0 Å². The Labute approximate surface area is 121 Å². The van der Waals surface area contributed by atoms with Gasteiger partial charge in [0.2, 0.25) is 0 Å². The molecule has 19 heavy (non-hydrogen) atoms. The number of aliphatic hydroxyl groups is 1. The molecule has 0 amide bonds. The molecule has 0 spiro atoms. The van der Waals surface area contributed by atoms with Crippen molar-refractivity contribution in [1.29, 1.82) is 0 Å². The maximum atomic E-state index is 9.02. The number of benzene rings is 2. The molecule has 2 aromatic rings. The highest BCUT2D eigenvalue weighted by atomic mass is 79.9. The normalized spacial score (nSPS) is 11.4. The Balaban J connectivity index is 2.17. The molecule has 0 heterocycles. The van der Waals surface area contributed by atoms with Crippen LogP contribution in [0.4, 0.5) is 0 Å². The Morgan fingerprint density at radius 2 is 1.89 bits per heavy atom. The second-order valence-corrected chi connectivity index (χ2v) is 5.19. The first-order chi connectivity index (χ1) is 9.17. The number of ether oxygens (including phenoxy) is 1. The summed E-state index contributed by atoms with van der Waals surface area (Å²) in [6.07, 6.45) is 1.94. The third-order valence-electron chi connectivity index (χ3n) is 2.57. The zero-order chi connectivity index (χ0) is 13.7. The Morgan fingerprint density at radius 1 is 1.16 bits per heavy atom. The first-order valence-electron chi connectivity index (χ1n) is 5.99. The molecule has 0 fully saturated rings. The van der Waals surface area contributed by atoms with E-state index in [0.29, 0.717) is 0 Å². The van der Waals surface area contributed by atoms with Gasteiger partial charge in [-0.15, -0.1) is 0 Å². The number of aliphatic hydroxyl groups excluding tert-OH is 1. The fourth-order valence-electron chi connectivity index (χ4n) is 1.64. The van der Waals surface area contributed by atoms with Crippen LogP contribution in [0.3, 0.4) is 0 Å². The molecular weight excluding hydrogens is 304 g/mol. The van der Waals surface area contributed by atoms with Crippen molar-refractivity contribution in [3.05, 3.63) is 64.1 Å². The van der Waals surface area contributed by atoms with Crippen LogP contribution < -0.4 is 4.74 Å². The van der Waals surface area contributed by atoms with Gasteiger partial charge in [0.05, 0.1) is 6.61 Å². The van der Waals surface area contributed by atoms with E-state index < -0.39 is 0 Å². The fourth-order valence-corrected chi connectivity index (χ4v) is 1.90. The van der Waals surface area contributed by atoms with E-state index in [2.05, 4.69) is 15.9 Å². The number of rotatable bonds is 4. The smallest absolute Gasteiger partial charge is 0.128 e. The van der Waals surface area contributed by atoms with E-state index in [0.717, 1.165) is 27.1 Å². The average Bonchev–Trinajstić information content (AvgIpc) is 2.42. The summed E-state index contributed by atoms with van der Waals surface area (Å²) in [5, 5.41) is 9.02. The fraction of sp³-hybridized carbons (Fsp3) is 0.125. The van der Waals surface area contributed by atoms with Crippen molar-refractivity contribution < 1.29 is 9.84 Å². The molecular formula is C16H15BrO2. The second kappa shape index (κ2) is 6.55. The predicted molar refractivity (Wildman–Crippen MR) is 81.4 cm³/mol. The summed E-state index contributed by atoms with van der Waals surface area (Å²) in [6, 6.07) is 15.5. The van der Waals surface area contributed by atoms with Gasteiger partial charge in [-0.05, 0) is 54.5 Å². The lowest BCUT2D eigenvalue weighted by atomic mass is 10.1. The molecule has 0 saturated carbocycles. The minimum Gasteiger partial charge on any atom is -0.457 e. The lowest BCUT2D eigenvalue weighted by Crippen LogP contribution is -1.86. The maximum Gasteiger partial charge on any atom is 0.128 e. The van der Waals surface area contributed by atoms with Crippen LogP contribution in [0, 0.1) is 0 Å². The lowest BCUT2D eigenvalue weighted by molar-refractivity contribution is 0.332. The van der Waals surface area contributed by atoms with Crippen molar-refractivity contribution in [3.8, 4) is 11.5 Å². The van der Waals surface area contributed by atoms with Crippen molar-refractivity contribution in [2.45, 2.75) is 6.92 Å². The SMILES string of the molecule is CC(=Cc1cccc(Oc2ccc(Br)cc2)c1)CO. The van der Waals surface area contributed by atoms with Gasteiger partial charge in [-0.25, -0.2) is 0 Å². The highest BCUT2D eigenvalue weighted by molar-refractivity contribution is 9.10. The number of halogens is 1. The van der Waals surface area contributed by atoms with Crippen molar-refractivity contribution in [2.24, 2.45) is 0 Å². The molecule has 0 bridgehead atoms. The van der Waals surface area contributed by atoms with Gasteiger partial charge in [-0.2, -0.15) is 0 Å². The Kier molecular flexibility index (Phi) is 4.77. The third kappa shape index (κ3) is 4.23. The molecule has 0 aliphatic heterocycles. The van der Waals surface area contributed by atoms with Crippen LogP contribution in [0.1, 0.15) is 12.5 Å². The van der Waals surface area contributed by atoms with Crippen LogP contribution in [0.2, 0.25) is 0 Å². The van der Waals surface area contributed by atoms with E-state index in [-0.39, 0.29) is 6.61 Å². The zero-order valence-corrected chi connectivity index (χ0v) is 12.2. The van der Waals surface area contributed by atoms with Crippen LogP contribution in [0.25, 0.3) is 6.08 Å². The van der Waals surface area contributed by atoms with E-state index in [4.69, 9.17) is 9.84 Å². The molecule has 0 saturated heterocycles. The molecule has 0 unspecified atom stereocenters. The number of hydrogen-bond acceptors (Lipinski definition) is 2. The molecule has 0 atom stereocenters. The quantitative estimate of drug-likeness (QED) is 0.890. The van der Waals surface area contributed by atoms with Crippen LogP contribution in [0.15, 0.2) is 58.6 Å². The van der Waals surface area contributed by atoms with E-state index >= 15 is 0 Å². The van der Waals surface area contributed by atoms with Crippen molar-refractivity contribution >= 4 is 22.0 Å². The summed E-state index contributed by atoms with van der Waals surface area (Å²) in [6.45, 7) is 1.96. The highest BCUT2D eigenvalue weighted by Crippen LogP contribution is 2.24.